The number of amides is 1. The number of rotatable bonds is 7. The number of carbonyl (C=O) groups excluding carboxylic acids is 1. The Morgan fingerprint density at radius 1 is 1.38 bits per heavy atom. The van der Waals surface area contributed by atoms with Crippen LogP contribution >= 0.6 is 11.6 Å². The third-order valence-electron chi connectivity index (χ3n) is 3.91. The van der Waals surface area contributed by atoms with Gasteiger partial charge in [-0.3, -0.25) is 19.7 Å². The molecule has 1 aliphatic carbocycles. The predicted molar refractivity (Wildman–Crippen MR) is 88.2 cm³/mol. The SMILES string of the molecule is O=C(CC(NC1CCCC1)C(=O)O)Nc1ccc(Cl)c([N+](=O)[O-])c1. The van der Waals surface area contributed by atoms with E-state index in [1.54, 1.807) is 0 Å². The molecule has 0 radical (unpaired) electrons. The van der Waals surface area contributed by atoms with Crippen LogP contribution in [0.4, 0.5) is 11.4 Å². The maximum absolute atomic E-state index is 12.0. The van der Waals surface area contributed by atoms with E-state index in [-0.39, 0.29) is 28.9 Å². The van der Waals surface area contributed by atoms with Crippen LogP contribution in [0.25, 0.3) is 0 Å². The van der Waals surface area contributed by atoms with E-state index < -0.39 is 22.8 Å². The number of hydrogen-bond donors (Lipinski definition) is 3. The van der Waals surface area contributed by atoms with Crippen LogP contribution in [0.1, 0.15) is 32.1 Å². The van der Waals surface area contributed by atoms with Gasteiger partial charge in [0.1, 0.15) is 11.1 Å². The molecule has 0 aromatic heterocycles. The quantitative estimate of drug-likeness (QED) is 0.510. The number of nitrogens with zero attached hydrogens (tertiary/aromatic N) is 1. The molecule has 1 aliphatic rings. The smallest absolute Gasteiger partial charge is 0.321 e. The number of benzene rings is 1. The first kappa shape index (κ1) is 18.2. The number of nitro benzene ring substituents is 1. The van der Waals surface area contributed by atoms with Crippen molar-refractivity contribution in [1.82, 2.24) is 5.32 Å². The van der Waals surface area contributed by atoms with Crippen LogP contribution in [0, 0.1) is 10.1 Å². The zero-order chi connectivity index (χ0) is 17.7. The van der Waals surface area contributed by atoms with Crippen molar-refractivity contribution in [2.24, 2.45) is 0 Å². The minimum absolute atomic E-state index is 0.0377. The van der Waals surface area contributed by atoms with Gasteiger partial charge >= 0.3 is 5.97 Å². The highest BCUT2D eigenvalue weighted by Gasteiger charge is 2.26. The number of anilines is 1. The lowest BCUT2D eigenvalue weighted by atomic mass is 10.1. The Hall–Kier alpha value is -2.19. The van der Waals surface area contributed by atoms with Crippen molar-refractivity contribution in [2.75, 3.05) is 5.32 Å². The molecule has 8 nitrogen and oxygen atoms in total. The van der Waals surface area contributed by atoms with Gasteiger partial charge in [-0.05, 0) is 25.0 Å². The Morgan fingerprint density at radius 3 is 2.62 bits per heavy atom. The molecule has 0 aliphatic heterocycles. The lowest BCUT2D eigenvalue weighted by molar-refractivity contribution is -0.384. The summed E-state index contributed by atoms with van der Waals surface area (Å²) in [6, 6.07) is 2.99. The largest absolute Gasteiger partial charge is 0.480 e. The zero-order valence-electron chi connectivity index (χ0n) is 12.8. The maximum Gasteiger partial charge on any atom is 0.321 e. The number of nitrogens with one attached hydrogen (secondary N) is 2. The Labute approximate surface area is 143 Å². The van der Waals surface area contributed by atoms with Gasteiger partial charge in [0.05, 0.1) is 11.3 Å². The molecule has 1 aromatic rings. The summed E-state index contributed by atoms with van der Waals surface area (Å²) in [6.07, 6.45) is 3.63. The number of halogens is 1. The maximum atomic E-state index is 12.0. The van der Waals surface area contributed by atoms with Gasteiger partial charge in [0.25, 0.3) is 5.69 Å². The molecule has 0 bridgehead atoms. The Balaban J connectivity index is 1.98. The van der Waals surface area contributed by atoms with Crippen LogP contribution in [0.5, 0.6) is 0 Å². The normalized spacial score (nSPS) is 15.9. The summed E-state index contributed by atoms with van der Waals surface area (Å²) in [5, 5.41) is 25.5. The first-order valence-corrected chi connectivity index (χ1v) is 7.97. The number of hydrogen-bond acceptors (Lipinski definition) is 5. The van der Waals surface area contributed by atoms with Crippen molar-refractivity contribution in [2.45, 2.75) is 44.2 Å². The topological polar surface area (TPSA) is 122 Å². The minimum atomic E-state index is -1.10. The van der Waals surface area contributed by atoms with Crippen LogP contribution in [-0.4, -0.2) is 34.0 Å². The summed E-state index contributed by atoms with van der Waals surface area (Å²) < 4.78 is 0. The monoisotopic (exact) mass is 355 g/mol. The second kappa shape index (κ2) is 8.07. The van der Waals surface area contributed by atoms with Gasteiger partial charge in [0.2, 0.25) is 5.91 Å². The van der Waals surface area contributed by atoms with E-state index in [0.717, 1.165) is 31.7 Å². The van der Waals surface area contributed by atoms with E-state index in [9.17, 15) is 24.8 Å². The van der Waals surface area contributed by atoms with E-state index in [1.165, 1.54) is 12.1 Å². The van der Waals surface area contributed by atoms with Crippen molar-refractivity contribution >= 4 is 34.9 Å². The summed E-state index contributed by atoms with van der Waals surface area (Å²) >= 11 is 5.71. The molecule has 1 fully saturated rings. The van der Waals surface area contributed by atoms with Gasteiger partial charge in [-0.1, -0.05) is 24.4 Å². The third kappa shape index (κ3) is 4.90. The molecule has 9 heteroatoms. The first-order valence-electron chi connectivity index (χ1n) is 7.59. The molecule has 130 valence electrons. The van der Waals surface area contributed by atoms with Crippen LogP contribution in [0.15, 0.2) is 18.2 Å². The molecular formula is C15H18ClN3O5. The van der Waals surface area contributed by atoms with E-state index >= 15 is 0 Å². The number of carboxylic acid groups (broad SMARTS) is 1. The van der Waals surface area contributed by atoms with Gasteiger partial charge < -0.3 is 15.7 Å². The molecule has 1 aromatic carbocycles. The van der Waals surface area contributed by atoms with Crippen LogP contribution in [0.2, 0.25) is 5.02 Å². The molecule has 1 saturated carbocycles. The van der Waals surface area contributed by atoms with E-state index in [1.807, 2.05) is 0 Å². The molecule has 24 heavy (non-hydrogen) atoms. The van der Waals surface area contributed by atoms with Gasteiger partial charge in [-0.25, -0.2) is 0 Å². The summed E-state index contributed by atoms with van der Waals surface area (Å²) in [5.74, 6) is -1.64. The summed E-state index contributed by atoms with van der Waals surface area (Å²) in [7, 11) is 0. The average Bonchev–Trinajstić information content (AvgIpc) is 3.01. The number of carboxylic acids is 1. The highest BCUT2D eigenvalue weighted by molar-refractivity contribution is 6.32. The van der Waals surface area contributed by atoms with Crippen molar-refractivity contribution in [3.8, 4) is 0 Å². The Morgan fingerprint density at radius 2 is 2.04 bits per heavy atom. The Bertz CT molecular complexity index is 646. The number of nitro groups is 1. The first-order chi connectivity index (χ1) is 11.4. The van der Waals surface area contributed by atoms with Crippen molar-refractivity contribution in [3.63, 3.8) is 0 Å². The van der Waals surface area contributed by atoms with E-state index in [0.29, 0.717) is 0 Å². The minimum Gasteiger partial charge on any atom is -0.480 e. The highest BCUT2D eigenvalue weighted by atomic mass is 35.5. The number of aliphatic carboxylic acids is 1. The lowest BCUT2D eigenvalue weighted by Gasteiger charge is -2.19. The summed E-state index contributed by atoms with van der Waals surface area (Å²) in [5.41, 5.74) is -0.130. The molecule has 3 N–H and O–H groups in total. The molecule has 0 heterocycles. The van der Waals surface area contributed by atoms with Gasteiger partial charge in [-0.2, -0.15) is 0 Å². The molecule has 0 spiro atoms. The zero-order valence-corrected chi connectivity index (χ0v) is 13.6. The van der Waals surface area contributed by atoms with E-state index in [4.69, 9.17) is 11.6 Å². The van der Waals surface area contributed by atoms with Crippen molar-refractivity contribution in [3.05, 3.63) is 33.3 Å². The third-order valence-corrected chi connectivity index (χ3v) is 4.23. The molecule has 1 amide bonds. The standard InChI is InChI=1S/C15H18ClN3O5/c16-11-6-5-10(7-13(11)19(23)24)18-14(20)8-12(15(21)22)17-9-3-1-2-4-9/h5-7,9,12,17H,1-4,8H2,(H,18,20)(H,21,22). The van der Waals surface area contributed by atoms with Crippen LogP contribution in [-0.2, 0) is 9.59 Å². The van der Waals surface area contributed by atoms with Crippen molar-refractivity contribution in [1.29, 1.82) is 0 Å². The molecule has 0 saturated heterocycles. The van der Waals surface area contributed by atoms with Gasteiger partial charge in [-0.15, -0.1) is 0 Å². The molecule has 1 atom stereocenters. The second-order valence-electron chi connectivity index (χ2n) is 5.71. The predicted octanol–water partition coefficient (Wildman–Crippen LogP) is 2.56. The number of carbonyl (C=O) groups is 2. The molecule has 2 rings (SSSR count). The molecule has 1 unspecified atom stereocenters. The summed E-state index contributed by atoms with van der Waals surface area (Å²) in [6.45, 7) is 0. The van der Waals surface area contributed by atoms with Gasteiger partial charge in [0, 0.05) is 17.8 Å². The van der Waals surface area contributed by atoms with E-state index in [2.05, 4.69) is 10.6 Å². The van der Waals surface area contributed by atoms with Crippen LogP contribution in [0.3, 0.4) is 0 Å². The average molecular weight is 356 g/mol. The fourth-order valence-corrected chi connectivity index (χ4v) is 2.91. The fraction of sp³-hybridized carbons (Fsp3) is 0.467. The highest BCUT2D eigenvalue weighted by Crippen LogP contribution is 2.27. The second-order valence-corrected chi connectivity index (χ2v) is 6.12. The fourth-order valence-electron chi connectivity index (χ4n) is 2.72. The van der Waals surface area contributed by atoms with Crippen molar-refractivity contribution < 1.29 is 19.6 Å². The summed E-state index contributed by atoms with van der Waals surface area (Å²) in [4.78, 5) is 33.6. The van der Waals surface area contributed by atoms with Crippen LogP contribution < -0.4 is 10.6 Å². The molecular weight excluding hydrogens is 338 g/mol. The lowest BCUT2D eigenvalue weighted by Crippen LogP contribution is -2.44. The van der Waals surface area contributed by atoms with Gasteiger partial charge in [0.15, 0.2) is 0 Å². The Kier molecular flexibility index (Phi) is 6.10.